The highest BCUT2D eigenvalue weighted by Crippen LogP contribution is 2.36. The first kappa shape index (κ1) is 23.9. The number of aryl methyl sites for hydroxylation is 1. The van der Waals surface area contributed by atoms with Gasteiger partial charge in [-0.2, -0.15) is 13.2 Å². The Balaban J connectivity index is 1.42. The van der Waals surface area contributed by atoms with Crippen LogP contribution in [0.25, 0.3) is 11.3 Å². The van der Waals surface area contributed by atoms with Crippen molar-refractivity contribution in [1.82, 2.24) is 4.98 Å². The Kier molecular flexibility index (Phi) is 6.95. The van der Waals surface area contributed by atoms with Crippen molar-refractivity contribution in [2.45, 2.75) is 51.6 Å². The molecule has 1 aromatic heterocycles. The summed E-state index contributed by atoms with van der Waals surface area (Å²) in [7, 11) is 0. The molecule has 2 aromatic carbocycles. The van der Waals surface area contributed by atoms with Crippen molar-refractivity contribution in [2.75, 3.05) is 23.3 Å². The van der Waals surface area contributed by atoms with E-state index in [9.17, 15) is 18.0 Å². The van der Waals surface area contributed by atoms with Crippen LogP contribution in [0.1, 0.15) is 56.0 Å². The molecule has 0 aliphatic carbocycles. The van der Waals surface area contributed by atoms with Gasteiger partial charge in [-0.15, -0.1) is 0 Å². The Labute approximate surface area is 197 Å². The normalized spacial score (nSPS) is 14.1. The molecule has 1 aliphatic heterocycles. The van der Waals surface area contributed by atoms with Crippen molar-refractivity contribution in [2.24, 2.45) is 0 Å². The second-order valence-electron chi connectivity index (χ2n) is 8.87. The van der Waals surface area contributed by atoms with Gasteiger partial charge < -0.3 is 14.6 Å². The second kappa shape index (κ2) is 9.91. The lowest BCUT2D eigenvalue weighted by molar-refractivity contribution is -0.137. The maximum atomic E-state index is 13.2. The number of alkyl halides is 3. The third kappa shape index (κ3) is 5.61. The van der Waals surface area contributed by atoms with Crippen molar-refractivity contribution in [3.63, 3.8) is 0 Å². The van der Waals surface area contributed by atoms with Crippen LogP contribution in [0, 0.1) is 0 Å². The lowest BCUT2D eigenvalue weighted by atomic mass is 10.0. The standard InChI is InChI=1S/C26H28F3N3O2/c1-17(2)18-5-7-19(8-6-18)23-16-30-25(34-23)12-11-24(33)31-21-15-20(26(27,28)29)9-10-22(21)32-13-3-4-14-32/h5-10,15-17H,3-4,11-14H2,1-2H3,(H,31,33). The molecular weight excluding hydrogens is 443 g/mol. The average molecular weight is 472 g/mol. The van der Waals surface area contributed by atoms with E-state index in [0.717, 1.165) is 43.6 Å². The molecule has 1 saturated heterocycles. The fourth-order valence-electron chi connectivity index (χ4n) is 4.07. The van der Waals surface area contributed by atoms with Crippen LogP contribution in [-0.4, -0.2) is 24.0 Å². The van der Waals surface area contributed by atoms with Gasteiger partial charge in [0, 0.05) is 31.5 Å². The van der Waals surface area contributed by atoms with Gasteiger partial charge in [0.2, 0.25) is 5.91 Å². The summed E-state index contributed by atoms with van der Waals surface area (Å²) in [5.74, 6) is 1.06. The predicted octanol–water partition coefficient (Wildman–Crippen LogP) is 6.66. The molecule has 1 aliphatic rings. The van der Waals surface area contributed by atoms with Gasteiger partial charge in [-0.3, -0.25) is 4.79 Å². The van der Waals surface area contributed by atoms with Crippen molar-refractivity contribution in [3.8, 4) is 11.3 Å². The zero-order chi connectivity index (χ0) is 24.3. The maximum absolute atomic E-state index is 13.2. The van der Waals surface area contributed by atoms with Crippen molar-refractivity contribution >= 4 is 17.3 Å². The Hall–Kier alpha value is -3.29. The van der Waals surface area contributed by atoms with Crippen LogP contribution in [0.3, 0.4) is 0 Å². The molecule has 3 aromatic rings. The number of anilines is 2. The predicted molar refractivity (Wildman–Crippen MR) is 126 cm³/mol. The number of benzene rings is 2. The van der Waals surface area contributed by atoms with E-state index < -0.39 is 11.7 Å². The van der Waals surface area contributed by atoms with Crippen molar-refractivity contribution in [1.29, 1.82) is 0 Å². The quantitative estimate of drug-likeness (QED) is 0.419. The molecule has 5 nitrogen and oxygen atoms in total. The molecule has 1 N–H and O–H groups in total. The summed E-state index contributed by atoms with van der Waals surface area (Å²) in [6.45, 7) is 5.76. The van der Waals surface area contributed by atoms with Gasteiger partial charge in [0.1, 0.15) is 0 Å². The smallest absolute Gasteiger partial charge is 0.416 e. The Morgan fingerprint density at radius 3 is 2.47 bits per heavy atom. The number of nitrogens with one attached hydrogen (secondary N) is 1. The zero-order valence-corrected chi connectivity index (χ0v) is 19.3. The number of nitrogens with zero attached hydrogens (tertiary/aromatic N) is 2. The fourth-order valence-corrected chi connectivity index (χ4v) is 4.07. The summed E-state index contributed by atoms with van der Waals surface area (Å²) < 4.78 is 45.5. The summed E-state index contributed by atoms with van der Waals surface area (Å²) in [5.41, 5.74) is 2.13. The summed E-state index contributed by atoms with van der Waals surface area (Å²) in [6.07, 6.45) is -0.626. The van der Waals surface area contributed by atoms with Crippen LogP contribution in [0.2, 0.25) is 0 Å². The first-order valence-corrected chi connectivity index (χ1v) is 11.5. The fraction of sp³-hybridized carbons (Fsp3) is 0.385. The zero-order valence-electron chi connectivity index (χ0n) is 19.3. The van der Waals surface area contributed by atoms with Crippen LogP contribution in [0.4, 0.5) is 24.5 Å². The minimum absolute atomic E-state index is 0.0436. The highest BCUT2D eigenvalue weighted by Gasteiger charge is 2.32. The van der Waals surface area contributed by atoms with Gasteiger partial charge in [-0.1, -0.05) is 38.1 Å². The van der Waals surface area contributed by atoms with Crippen LogP contribution in [-0.2, 0) is 17.4 Å². The minimum atomic E-state index is -4.48. The highest BCUT2D eigenvalue weighted by molar-refractivity contribution is 5.94. The molecular formula is C26H28F3N3O2. The third-order valence-electron chi connectivity index (χ3n) is 6.03. The third-order valence-corrected chi connectivity index (χ3v) is 6.03. The van der Waals surface area contributed by atoms with Crippen molar-refractivity contribution < 1.29 is 22.4 Å². The Morgan fingerprint density at radius 2 is 1.82 bits per heavy atom. The van der Waals surface area contributed by atoms with Gasteiger partial charge in [-0.25, -0.2) is 4.98 Å². The summed E-state index contributed by atoms with van der Waals surface area (Å²) >= 11 is 0. The Morgan fingerprint density at radius 1 is 1.12 bits per heavy atom. The van der Waals surface area contributed by atoms with E-state index in [1.807, 2.05) is 29.2 Å². The number of carbonyl (C=O) groups excluding carboxylic acids is 1. The van der Waals surface area contributed by atoms with E-state index in [1.54, 1.807) is 6.20 Å². The maximum Gasteiger partial charge on any atom is 0.416 e. The lowest BCUT2D eigenvalue weighted by Crippen LogP contribution is -2.22. The molecule has 8 heteroatoms. The largest absolute Gasteiger partial charge is 0.441 e. The summed E-state index contributed by atoms with van der Waals surface area (Å²) in [5, 5.41) is 2.68. The number of halogens is 3. The summed E-state index contributed by atoms with van der Waals surface area (Å²) in [4.78, 5) is 18.9. The van der Waals surface area contributed by atoms with Gasteiger partial charge in [0.15, 0.2) is 11.7 Å². The molecule has 4 rings (SSSR count). The van der Waals surface area contributed by atoms with E-state index in [2.05, 4.69) is 24.1 Å². The molecule has 180 valence electrons. The molecule has 0 saturated carbocycles. The van der Waals surface area contributed by atoms with Gasteiger partial charge in [0.25, 0.3) is 0 Å². The Bertz CT molecular complexity index is 1130. The first-order valence-electron chi connectivity index (χ1n) is 11.5. The number of hydrogen-bond donors (Lipinski definition) is 1. The highest BCUT2D eigenvalue weighted by atomic mass is 19.4. The molecule has 0 unspecified atom stereocenters. The molecule has 0 radical (unpaired) electrons. The number of carbonyl (C=O) groups is 1. The number of oxazole rings is 1. The molecule has 1 fully saturated rings. The molecule has 2 heterocycles. The number of rotatable bonds is 7. The van der Waals surface area contributed by atoms with Gasteiger partial charge in [-0.05, 0) is 42.5 Å². The molecule has 1 amide bonds. The van der Waals surface area contributed by atoms with E-state index in [-0.39, 0.29) is 24.4 Å². The van der Waals surface area contributed by atoms with E-state index in [1.165, 1.54) is 11.6 Å². The first-order chi connectivity index (χ1) is 16.2. The van der Waals surface area contributed by atoms with E-state index >= 15 is 0 Å². The topological polar surface area (TPSA) is 58.4 Å². The molecule has 0 spiro atoms. The van der Waals surface area contributed by atoms with Crippen molar-refractivity contribution in [3.05, 3.63) is 65.7 Å². The van der Waals surface area contributed by atoms with E-state index in [4.69, 9.17) is 4.42 Å². The number of hydrogen-bond acceptors (Lipinski definition) is 4. The SMILES string of the molecule is CC(C)c1ccc(-c2cnc(CCC(=O)Nc3cc(C(F)(F)F)ccc3N3CCCC3)o2)cc1. The van der Waals surface area contributed by atoms with Crippen LogP contribution >= 0.6 is 0 Å². The van der Waals surface area contributed by atoms with Gasteiger partial charge >= 0.3 is 6.18 Å². The minimum Gasteiger partial charge on any atom is -0.441 e. The van der Waals surface area contributed by atoms with Crippen LogP contribution in [0.5, 0.6) is 0 Å². The number of amides is 1. The number of aromatic nitrogens is 1. The molecule has 0 atom stereocenters. The molecule has 34 heavy (non-hydrogen) atoms. The second-order valence-corrected chi connectivity index (χ2v) is 8.87. The lowest BCUT2D eigenvalue weighted by Gasteiger charge is -2.23. The van der Waals surface area contributed by atoms with Crippen LogP contribution in [0.15, 0.2) is 53.1 Å². The average Bonchev–Trinajstić information content (AvgIpc) is 3.50. The van der Waals surface area contributed by atoms with Gasteiger partial charge in [0.05, 0.1) is 23.1 Å². The van der Waals surface area contributed by atoms with E-state index in [0.29, 0.717) is 23.3 Å². The monoisotopic (exact) mass is 471 g/mol. The summed E-state index contributed by atoms with van der Waals surface area (Å²) in [6, 6.07) is 11.5. The van der Waals surface area contributed by atoms with Crippen LogP contribution < -0.4 is 10.2 Å². The molecule has 0 bridgehead atoms.